The molecule has 15 heavy (non-hydrogen) atoms. The van der Waals surface area contributed by atoms with Gasteiger partial charge in [-0.25, -0.2) is 4.98 Å². The second-order valence-electron chi connectivity index (χ2n) is 2.63. The summed E-state index contributed by atoms with van der Waals surface area (Å²) >= 11 is 1.43. The van der Waals surface area contributed by atoms with E-state index in [9.17, 15) is 4.79 Å². The largest absolute Gasteiger partial charge is 0.480 e. The van der Waals surface area contributed by atoms with E-state index in [-0.39, 0.29) is 17.4 Å². The Hall–Kier alpha value is -1.30. The molecule has 0 unspecified atom stereocenters. The SMILES string of the molecule is COc1cnc(C(=O)CSC)c(OC)n1. The summed E-state index contributed by atoms with van der Waals surface area (Å²) in [5.74, 6) is 0.785. The number of Topliss-reactive ketones (excluding diaryl/α,β-unsaturated/α-hetero) is 1. The average Bonchev–Trinajstić information content (AvgIpc) is 2.28. The van der Waals surface area contributed by atoms with E-state index < -0.39 is 0 Å². The Morgan fingerprint density at radius 2 is 2.20 bits per heavy atom. The van der Waals surface area contributed by atoms with Crippen molar-refractivity contribution in [3.05, 3.63) is 11.9 Å². The van der Waals surface area contributed by atoms with E-state index in [0.29, 0.717) is 11.6 Å². The summed E-state index contributed by atoms with van der Waals surface area (Å²) in [4.78, 5) is 19.5. The predicted octanol–water partition coefficient (Wildman–Crippen LogP) is 1.04. The van der Waals surface area contributed by atoms with E-state index in [1.165, 1.54) is 32.2 Å². The molecule has 1 heterocycles. The third-order valence-corrected chi connectivity index (χ3v) is 2.21. The Morgan fingerprint density at radius 1 is 1.47 bits per heavy atom. The summed E-state index contributed by atoms with van der Waals surface area (Å²) in [7, 11) is 2.92. The number of hydrogen-bond acceptors (Lipinski definition) is 6. The van der Waals surface area contributed by atoms with E-state index in [2.05, 4.69) is 9.97 Å². The summed E-state index contributed by atoms with van der Waals surface area (Å²) in [5.41, 5.74) is 0.243. The van der Waals surface area contributed by atoms with Crippen LogP contribution in [0.25, 0.3) is 0 Å². The third-order valence-electron chi connectivity index (χ3n) is 1.66. The first-order valence-corrected chi connectivity index (χ1v) is 5.59. The molecule has 0 aliphatic rings. The van der Waals surface area contributed by atoms with Crippen LogP contribution in [0.15, 0.2) is 6.20 Å². The molecule has 1 rings (SSSR count). The van der Waals surface area contributed by atoms with Crippen molar-refractivity contribution in [1.82, 2.24) is 9.97 Å². The molecule has 0 amide bonds. The Labute approximate surface area is 92.2 Å². The van der Waals surface area contributed by atoms with Crippen molar-refractivity contribution in [2.45, 2.75) is 0 Å². The Morgan fingerprint density at radius 3 is 2.73 bits per heavy atom. The first-order valence-electron chi connectivity index (χ1n) is 4.20. The van der Waals surface area contributed by atoms with E-state index in [0.717, 1.165) is 0 Å². The normalized spacial score (nSPS) is 9.80. The molecule has 0 atom stereocenters. The minimum Gasteiger partial charge on any atom is -0.480 e. The maximum atomic E-state index is 11.6. The van der Waals surface area contributed by atoms with Gasteiger partial charge in [0.15, 0.2) is 11.5 Å². The molecule has 6 heteroatoms. The van der Waals surface area contributed by atoms with Crippen molar-refractivity contribution in [3.8, 4) is 11.8 Å². The first-order chi connectivity index (χ1) is 7.22. The maximum absolute atomic E-state index is 11.6. The summed E-state index contributed by atoms with van der Waals surface area (Å²) in [6.07, 6.45) is 3.25. The van der Waals surface area contributed by atoms with Crippen LogP contribution in [0, 0.1) is 0 Å². The minimum atomic E-state index is -0.102. The van der Waals surface area contributed by atoms with Gasteiger partial charge in [0, 0.05) is 0 Å². The molecule has 0 saturated carbocycles. The monoisotopic (exact) mass is 228 g/mol. The van der Waals surface area contributed by atoms with Gasteiger partial charge in [0.05, 0.1) is 26.2 Å². The van der Waals surface area contributed by atoms with Crippen molar-refractivity contribution in [2.75, 3.05) is 26.2 Å². The minimum absolute atomic E-state index is 0.102. The van der Waals surface area contributed by atoms with Gasteiger partial charge in [-0.05, 0) is 6.26 Å². The summed E-state index contributed by atoms with van der Waals surface area (Å²) in [6.45, 7) is 0. The van der Waals surface area contributed by atoms with Crippen LogP contribution in [0.5, 0.6) is 11.8 Å². The molecule has 5 nitrogen and oxygen atoms in total. The zero-order chi connectivity index (χ0) is 11.3. The highest BCUT2D eigenvalue weighted by Crippen LogP contribution is 2.18. The fourth-order valence-corrected chi connectivity index (χ4v) is 1.39. The van der Waals surface area contributed by atoms with Crippen molar-refractivity contribution in [3.63, 3.8) is 0 Å². The van der Waals surface area contributed by atoms with Gasteiger partial charge in [0.2, 0.25) is 11.8 Å². The van der Waals surface area contributed by atoms with Gasteiger partial charge in [-0.3, -0.25) is 4.79 Å². The number of thioether (sulfide) groups is 1. The maximum Gasteiger partial charge on any atom is 0.246 e. The second kappa shape index (κ2) is 5.55. The number of hydrogen-bond donors (Lipinski definition) is 0. The van der Waals surface area contributed by atoms with Crippen molar-refractivity contribution in [2.24, 2.45) is 0 Å². The van der Waals surface area contributed by atoms with Crippen molar-refractivity contribution in [1.29, 1.82) is 0 Å². The van der Waals surface area contributed by atoms with Crippen LogP contribution in [-0.4, -0.2) is 42.0 Å². The molecule has 0 aromatic carbocycles. The molecule has 1 aromatic heterocycles. The second-order valence-corrected chi connectivity index (χ2v) is 3.49. The Balaban J connectivity index is 3.02. The lowest BCUT2D eigenvalue weighted by molar-refractivity contribution is 0.101. The van der Waals surface area contributed by atoms with Gasteiger partial charge >= 0.3 is 0 Å². The fourth-order valence-electron chi connectivity index (χ4n) is 0.988. The lowest BCUT2D eigenvalue weighted by Gasteiger charge is -2.06. The average molecular weight is 228 g/mol. The predicted molar refractivity (Wildman–Crippen MR) is 57.8 cm³/mol. The number of ether oxygens (including phenoxy) is 2. The number of carbonyl (C=O) groups is 1. The van der Waals surface area contributed by atoms with Crippen LogP contribution in [0.2, 0.25) is 0 Å². The standard InChI is InChI=1S/C9H12N2O3S/c1-13-7-4-10-8(6(12)5-15-3)9(11-7)14-2/h4H,5H2,1-3H3. The topological polar surface area (TPSA) is 61.3 Å². The van der Waals surface area contributed by atoms with Crippen LogP contribution in [-0.2, 0) is 0 Å². The molecule has 0 N–H and O–H groups in total. The lowest BCUT2D eigenvalue weighted by atomic mass is 10.3. The highest BCUT2D eigenvalue weighted by Gasteiger charge is 2.15. The van der Waals surface area contributed by atoms with Gasteiger partial charge in [0.1, 0.15) is 0 Å². The zero-order valence-corrected chi connectivity index (χ0v) is 9.63. The molecule has 1 aromatic rings. The lowest BCUT2D eigenvalue weighted by Crippen LogP contribution is -2.09. The van der Waals surface area contributed by atoms with E-state index in [1.54, 1.807) is 0 Å². The van der Waals surface area contributed by atoms with Crippen molar-refractivity contribution < 1.29 is 14.3 Å². The third kappa shape index (κ3) is 2.82. The highest BCUT2D eigenvalue weighted by molar-refractivity contribution is 7.99. The molecule has 0 aliphatic carbocycles. The first kappa shape index (κ1) is 11.8. The molecular formula is C9H12N2O3S. The molecule has 0 saturated heterocycles. The van der Waals surface area contributed by atoms with Crippen molar-refractivity contribution >= 4 is 17.5 Å². The molecule has 0 spiro atoms. The molecule has 0 radical (unpaired) electrons. The molecule has 0 fully saturated rings. The van der Waals surface area contributed by atoms with Crippen LogP contribution in [0.1, 0.15) is 10.5 Å². The van der Waals surface area contributed by atoms with Crippen LogP contribution < -0.4 is 9.47 Å². The molecule has 0 aliphatic heterocycles. The number of methoxy groups -OCH3 is 2. The summed E-state index contributed by atoms with van der Waals surface area (Å²) in [5, 5.41) is 0. The van der Waals surface area contributed by atoms with Crippen LogP contribution >= 0.6 is 11.8 Å². The van der Waals surface area contributed by atoms with Gasteiger partial charge < -0.3 is 9.47 Å². The zero-order valence-electron chi connectivity index (χ0n) is 8.81. The molecule has 0 bridgehead atoms. The molecular weight excluding hydrogens is 216 g/mol. The van der Waals surface area contributed by atoms with Gasteiger partial charge in [0.25, 0.3) is 0 Å². The molecule has 82 valence electrons. The van der Waals surface area contributed by atoms with Gasteiger partial charge in [-0.15, -0.1) is 0 Å². The van der Waals surface area contributed by atoms with E-state index >= 15 is 0 Å². The number of carbonyl (C=O) groups excluding carboxylic acids is 1. The number of aromatic nitrogens is 2. The fraction of sp³-hybridized carbons (Fsp3) is 0.444. The smallest absolute Gasteiger partial charge is 0.246 e. The van der Waals surface area contributed by atoms with Crippen LogP contribution in [0.3, 0.4) is 0 Å². The summed E-state index contributed by atoms with van der Waals surface area (Å²) < 4.78 is 9.85. The Bertz CT molecular complexity index is 357. The van der Waals surface area contributed by atoms with Crippen LogP contribution in [0.4, 0.5) is 0 Å². The number of nitrogens with zero attached hydrogens (tertiary/aromatic N) is 2. The number of rotatable bonds is 5. The Kier molecular flexibility index (Phi) is 4.36. The van der Waals surface area contributed by atoms with E-state index in [4.69, 9.17) is 9.47 Å². The van der Waals surface area contributed by atoms with Gasteiger partial charge in [-0.2, -0.15) is 16.7 Å². The van der Waals surface area contributed by atoms with E-state index in [1.807, 2.05) is 6.26 Å². The quantitative estimate of drug-likeness (QED) is 0.702. The van der Waals surface area contributed by atoms with Gasteiger partial charge in [-0.1, -0.05) is 0 Å². The highest BCUT2D eigenvalue weighted by atomic mass is 32.2. The summed E-state index contributed by atoms with van der Waals surface area (Å²) in [6, 6.07) is 0. The number of ketones is 1.